The number of hydrogen-bond acceptors (Lipinski definition) is 3. The molecule has 13 heavy (non-hydrogen) atoms. The number of nitrogens with zero attached hydrogens (tertiary/aromatic N) is 2. The first kappa shape index (κ1) is 11.5. The summed E-state index contributed by atoms with van der Waals surface area (Å²) in [7, 11) is 0. The summed E-state index contributed by atoms with van der Waals surface area (Å²) < 4.78 is 1.10. The van der Waals surface area contributed by atoms with Crippen LogP contribution in [-0.4, -0.2) is 21.6 Å². The molecule has 1 unspecified atom stereocenters. The van der Waals surface area contributed by atoms with Crippen LogP contribution in [0, 0.1) is 9.49 Å². The van der Waals surface area contributed by atoms with Gasteiger partial charge in [-0.1, -0.05) is 6.92 Å². The Kier molecular flexibility index (Phi) is 5.35. The van der Waals surface area contributed by atoms with Gasteiger partial charge >= 0.3 is 0 Å². The largest absolute Gasteiger partial charge is 0.244 e. The van der Waals surface area contributed by atoms with Crippen molar-refractivity contribution in [2.75, 3.05) is 11.6 Å². The van der Waals surface area contributed by atoms with Crippen LogP contribution >= 0.6 is 46.0 Å². The molecule has 5 heteroatoms. The molecule has 1 aromatic heterocycles. The summed E-state index contributed by atoms with van der Waals surface area (Å²) in [6, 6.07) is 0. The number of rotatable bonds is 4. The minimum absolute atomic E-state index is 0.525. The van der Waals surface area contributed by atoms with Crippen molar-refractivity contribution >= 4 is 46.0 Å². The lowest BCUT2D eigenvalue weighted by molar-refractivity contribution is 0.757. The molecule has 1 rings (SSSR count). The normalized spacial score (nSPS) is 12.8. The van der Waals surface area contributed by atoms with E-state index in [4.69, 9.17) is 11.6 Å². The van der Waals surface area contributed by atoms with E-state index in [0.29, 0.717) is 11.8 Å². The molecule has 0 aliphatic rings. The van der Waals surface area contributed by atoms with Crippen LogP contribution in [0.5, 0.6) is 0 Å². The van der Waals surface area contributed by atoms with Gasteiger partial charge in [-0.05, 0) is 28.5 Å². The highest BCUT2D eigenvalue weighted by atomic mass is 127. The van der Waals surface area contributed by atoms with E-state index in [-0.39, 0.29) is 0 Å². The molecule has 0 fully saturated rings. The van der Waals surface area contributed by atoms with Crippen molar-refractivity contribution in [2.45, 2.75) is 11.9 Å². The number of halogens is 2. The van der Waals surface area contributed by atoms with E-state index >= 15 is 0 Å². The molecule has 1 atom stereocenters. The van der Waals surface area contributed by atoms with E-state index in [1.165, 1.54) is 0 Å². The number of alkyl halides is 1. The second-order valence-electron chi connectivity index (χ2n) is 2.75. The van der Waals surface area contributed by atoms with E-state index in [9.17, 15) is 0 Å². The molecule has 0 saturated heterocycles. The third kappa shape index (κ3) is 3.99. The highest BCUT2D eigenvalue weighted by Crippen LogP contribution is 2.22. The molecule has 0 N–H and O–H groups in total. The zero-order valence-corrected chi connectivity index (χ0v) is 10.9. The van der Waals surface area contributed by atoms with Crippen LogP contribution in [0.2, 0.25) is 0 Å². The van der Waals surface area contributed by atoms with Gasteiger partial charge in [-0.3, -0.25) is 0 Å². The fourth-order valence-electron chi connectivity index (χ4n) is 0.673. The molecule has 2 nitrogen and oxygen atoms in total. The van der Waals surface area contributed by atoms with Gasteiger partial charge in [0.15, 0.2) is 0 Å². The highest BCUT2D eigenvalue weighted by Gasteiger charge is 2.05. The van der Waals surface area contributed by atoms with E-state index < -0.39 is 0 Å². The molecule has 0 radical (unpaired) electrons. The Hall–Kier alpha value is 0.450. The van der Waals surface area contributed by atoms with Gasteiger partial charge in [0, 0.05) is 17.8 Å². The second-order valence-corrected chi connectivity index (χ2v) is 5.23. The predicted octanol–water partition coefficient (Wildman–Crippen LogP) is 3.05. The van der Waals surface area contributed by atoms with Crippen LogP contribution in [0.1, 0.15) is 6.92 Å². The third-order valence-electron chi connectivity index (χ3n) is 1.40. The van der Waals surface area contributed by atoms with Crippen LogP contribution in [0.4, 0.5) is 0 Å². The Morgan fingerprint density at radius 3 is 3.08 bits per heavy atom. The third-order valence-corrected chi connectivity index (χ3v) is 4.42. The molecular weight excluding hydrogens is 319 g/mol. The number of aromatic nitrogens is 2. The van der Waals surface area contributed by atoms with Gasteiger partial charge in [0.2, 0.25) is 0 Å². The van der Waals surface area contributed by atoms with E-state index in [0.717, 1.165) is 14.3 Å². The molecule has 0 aliphatic carbocycles. The van der Waals surface area contributed by atoms with Crippen LogP contribution < -0.4 is 0 Å². The fraction of sp³-hybridized carbons (Fsp3) is 0.500. The maximum atomic E-state index is 5.71. The number of thioether (sulfide) groups is 1. The Morgan fingerprint density at radius 2 is 2.46 bits per heavy atom. The summed E-state index contributed by atoms with van der Waals surface area (Å²) in [6.45, 7) is 2.13. The van der Waals surface area contributed by atoms with Crippen LogP contribution in [0.15, 0.2) is 17.6 Å². The highest BCUT2D eigenvalue weighted by molar-refractivity contribution is 14.1. The first-order valence-corrected chi connectivity index (χ1v) is 6.48. The Labute approximate surface area is 101 Å². The summed E-state index contributed by atoms with van der Waals surface area (Å²) >= 11 is 9.69. The van der Waals surface area contributed by atoms with Crippen molar-refractivity contribution in [1.82, 2.24) is 9.97 Å². The van der Waals surface area contributed by atoms with Gasteiger partial charge in [0.25, 0.3) is 0 Å². The van der Waals surface area contributed by atoms with Crippen molar-refractivity contribution in [3.8, 4) is 0 Å². The summed E-state index contributed by atoms with van der Waals surface area (Å²) in [6.07, 6.45) is 3.40. The van der Waals surface area contributed by atoms with Crippen molar-refractivity contribution in [2.24, 2.45) is 5.92 Å². The minimum Gasteiger partial charge on any atom is -0.244 e. The quantitative estimate of drug-likeness (QED) is 0.368. The van der Waals surface area contributed by atoms with Crippen molar-refractivity contribution in [3.63, 3.8) is 0 Å². The summed E-state index contributed by atoms with van der Waals surface area (Å²) in [5.41, 5.74) is 0. The molecule has 0 amide bonds. The Balaban J connectivity index is 2.50. The Morgan fingerprint density at radius 1 is 1.69 bits per heavy atom. The maximum Gasteiger partial charge on any atom is 0.116 e. The molecular formula is C8H10ClIN2S. The molecule has 0 bridgehead atoms. The lowest BCUT2D eigenvalue weighted by atomic mass is 10.3. The van der Waals surface area contributed by atoms with E-state index in [1.54, 1.807) is 18.1 Å². The van der Waals surface area contributed by atoms with E-state index in [2.05, 4.69) is 39.5 Å². The summed E-state index contributed by atoms with van der Waals surface area (Å²) in [4.78, 5) is 8.12. The van der Waals surface area contributed by atoms with Gasteiger partial charge in [0.05, 0.1) is 3.57 Å². The summed E-state index contributed by atoms with van der Waals surface area (Å²) in [5.74, 6) is 2.24. The standard InChI is InChI=1S/C8H10ClIN2S/c1-6(2-9)4-13-8-7(10)3-11-5-12-8/h3,5-6H,2,4H2,1H3. The predicted molar refractivity (Wildman–Crippen MR) is 65.4 cm³/mol. The Bertz CT molecular complexity index is 272. The monoisotopic (exact) mass is 328 g/mol. The van der Waals surface area contributed by atoms with Crippen molar-refractivity contribution in [1.29, 1.82) is 0 Å². The van der Waals surface area contributed by atoms with Gasteiger partial charge in [-0.15, -0.1) is 23.4 Å². The van der Waals surface area contributed by atoms with Crippen LogP contribution in [-0.2, 0) is 0 Å². The van der Waals surface area contributed by atoms with Crippen molar-refractivity contribution in [3.05, 3.63) is 16.1 Å². The maximum absolute atomic E-state index is 5.71. The average Bonchev–Trinajstić information content (AvgIpc) is 2.16. The van der Waals surface area contributed by atoms with Crippen LogP contribution in [0.25, 0.3) is 0 Å². The molecule has 0 saturated carbocycles. The topological polar surface area (TPSA) is 25.8 Å². The zero-order chi connectivity index (χ0) is 9.68. The number of hydrogen-bond donors (Lipinski definition) is 0. The smallest absolute Gasteiger partial charge is 0.116 e. The van der Waals surface area contributed by atoms with Crippen molar-refractivity contribution < 1.29 is 0 Å². The molecule has 1 aromatic rings. The lowest BCUT2D eigenvalue weighted by Crippen LogP contribution is -2.00. The molecule has 72 valence electrons. The second kappa shape index (κ2) is 6.03. The molecule has 0 spiro atoms. The lowest BCUT2D eigenvalue weighted by Gasteiger charge is -2.06. The van der Waals surface area contributed by atoms with Crippen LogP contribution in [0.3, 0.4) is 0 Å². The van der Waals surface area contributed by atoms with Gasteiger partial charge < -0.3 is 0 Å². The molecule has 0 aliphatic heterocycles. The summed E-state index contributed by atoms with van der Waals surface area (Å²) in [5, 5.41) is 1.05. The van der Waals surface area contributed by atoms with Gasteiger partial charge in [0.1, 0.15) is 11.4 Å². The van der Waals surface area contributed by atoms with E-state index in [1.807, 2.05) is 6.20 Å². The molecule has 1 heterocycles. The zero-order valence-electron chi connectivity index (χ0n) is 7.20. The average molecular weight is 329 g/mol. The first-order valence-electron chi connectivity index (χ1n) is 3.88. The van der Waals surface area contributed by atoms with Gasteiger partial charge in [-0.2, -0.15) is 0 Å². The SMILES string of the molecule is CC(CCl)CSc1ncncc1I. The first-order chi connectivity index (χ1) is 6.24. The fourth-order valence-corrected chi connectivity index (χ4v) is 2.55. The van der Waals surface area contributed by atoms with Gasteiger partial charge in [-0.25, -0.2) is 9.97 Å². The molecule has 0 aromatic carbocycles. The minimum atomic E-state index is 0.525.